The van der Waals surface area contributed by atoms with Gasteiger partial charge in [-0.05, 0) is 30.3 Å². The highest BCUT2D eigenvalue weighted by Gasteiger charge is 2.15. The molecule has 0 bridgehead atoms. The summed E-state index contributed by atoms with van der Waals surface area (Å²) in [5, 5.41) is 2.29. The second-order valence-corrected chi connectivity index (χ2v) is 4.44. The van der Waals surface area contributed by atoms with Crippen LogP contribution >= 0.6 is 11.6 Å². The number of hydrogen-bond donors (Lipinski definition) is 3. The van der Waals surface area contributed by atoms with E-state index in [0.29, 0.717) is 0 Å². The van der Waals surface area contributed by atoms with Crippen LogP contribution in [-0.2, 0) is 0 Å². The highest BCUT2D eigenvalue weighted by atomic mass is 35.5. The minimum Gasteiger partial charge on any atom is -0.321 e. The number of nitrogens with two attached hydrogens (primary N) is 1. The Balaban J connectivity index is 2.28. The maximum atomic E-state index is 13.5. The van der Waals surface area contributed by atoms with Crippen LogP contribution in [0.2, 0.25) is 5.02 Å². The Morgan fingerprint density at radius 1 is 1.10 bits per heavy atom. The SMILES string of the molecule is NNc1c(F)cc(C(=O)Nc2ccc(F)cc2Cl)cc1F. The zero-order valence-electron chi connectivity index (χ0n) is 10.4. The average molecular weight is 316 g/mol. The number of amides is 1. The van der Waals surface area contributed by atoms with Crippen molar-refractivity contribution in [3.05, 3.63) is 58.4 Å². The van der Waals surface area contributed by atoms with Crippen LogP contribution in [0.4, 0.5) is 24.5 Å². The molecule has 0 atom stereocenters. The second-order valence-electron chi connectivity index (χ2n) is 4.04. The molecule has 0 aliphatic carbocycles. The van der Waals surface area contributed by atoms with Crippen LogP contribution in [0.25, 0.3) is 0 Å². The molecule has 0 fully saturated rings. The largest absolute Gasteiger partial charge is 0.321 e. The Bertz CT molecular complexity index is 686. The first-order chi connectivity index (χ1) is 9.92. The van der Waals surface area contributed by atoms with Crippen LogP contribution in [0.3, 0.4) is 0 Å². The van der Waals surface area contributed by atoms with Gasteiger partial charge in [-0.25, -0.2) is 13.2 Å². The van der Waals surface area contributed by atoms with E-state index < -0.39 is 29.0 Å². The van der Waals surface area contributed by atoms with E-state index in [0.717, 1.165) is 24.3 Å². The lowest BCUT2D eigenvalue weighted by atomic mass is 10.1. The lowest BCUT2D eigenvalue weighted by Crippen LogP contribution is -2.15. The van der Waals surface area contributed by atoms with E-state index in [1.807, 2.05) is 5.43 Å². The van der Waals surface area contributed by atoms with Crippen molar-refractivity contribution in [2.75, 3.05) is 10.7 Å². The molecule has 0 aliphatic heterocycles. The number of carbonyl (C=O) groups excluding carboxylic acids is 1. The molecule has 4 N–H and O–H groups in total. The summed E-state index contributed by atoms with van der Waals surface area (Å²) in [6.45, 7) is 0. The first-order valence-electron chi connectivity index (χ1n) is 5.64. The smallest absolute Gasteiger partial charge is 0.255 e. The molecule has 4 nitrogen and oxygen atoms in total. The van der Waals surface area contributed by atoms with E-state index >= 15 is 0 Å². The molecule has 0 radical (unpaired) electrons. The Hall–Kier alpha value is -2.25. The molecule has 2 rings (SSSR count). The topological polar surface area (TPSA) is 67.1 Å². The maximum absolute atomic E-state index is 13.5. The molecular weight excluding hydrogens is 307 g/mol. The van der Waals surface area contributed by atoms with Crippen LogP contribution in [0.5, 0.6) is 0 Å². The minimum absolute atomic E-state index is 0.0375. The molecule has 0 heterocycles. The highest BCUT2D eigenvalue weighted by molar-refractivity contribution is 6.33. The van der Waals surface area contributed by atoms with Gasteiger partial charge in [0.05, 0.1) is 10.7 Å². The lowest BCUT2D eigenvalue weighted by Gasteiger charge is -2.09. The molecule has 8 heteroatoms. The molecule has 110 valence electrons. The third kappa shape index (κ3) is 3.26. The fourth-order valence-corrected chi connectivity index (χ4v) is 1.84. The van der Waals surface area contributed by atoms with Crippen LogP contribution in [-0.4, -0.2) is 5.91 Å². The molecule has 0 saturated carbocycles. The molecule has 21 heavy (non-hydrogen) atoms. The number of halogens is 4. The van der Waals surface area contributed by atoms with E-state index in [1.165, 1.54) is 6.07 Å². The number of hydrazine groups is 1. The van der Waals surface area contributed by atoms with Gasteiger partial charge in [-0.1, -0.05) is 11.6 Å². The summed E-state index contributed by atoms with van der Waals surface area (Å²) >= 11 is 5.74. The summed E-state index contributed by atoms with van der Waals surface area (Å²) in [7, 11) is 0. The number of anilines is 2. The first-order valence-corrected chi connectivity index (χ1v) is 6.02. The van der Waals surface area contributed by atoms with Crippen LogP contribution in [0.1, 0.15) is 10.4 Å². The van der Waals surface area contributed by atoms with Crippen molar-refractivity contribution in [1.29, 1.82) is 0 Å². The highest BCUT2D eigenvalue weighted by Crippen LogP contribution is 2.24. The van der Waals surface area contributed by atoms with Crippen molar-refractivity contribution in [3.63, 3.8) is 0 Å². The van der Waals surface area contributed by atoms with Crippen molar-refractivity contribution >= 4 is 28.9 Å². The van der Waals surface area contributed by atoms with Crippen molar-refractivity contribution < 1.29 is 18.0 Å². The first kappa shape index (κ1) is 15.1. The van der Waals surface area contributed by atoms with Crippen molar-refractivity contribution in [1.82, 2.24) is 0 Å². The van der Waals surface area contributed by atoms with Gasteiger partial charge < -0.3 is 10.7 Å². The van der Waals surface area contributed by atoms with Crippen LogP contribution < -0.4 is 16.6 Å². The van der Waals surface area contributed by atoms with Gasteiger partial charge in [0.25, 0.3) is 5.91 Å². The van der Waals surface area contributed by atoms with Crippen molar-refractivity contribution in [3.8, 4) is 0 Å². The molecule has 2 aromatic rings. The van der Waals surface area contributed by atoms with Gasteiger partial charge in [-0.15, -0.1) is 0 Å². The lowest BCUT2D eigenvalue weighted by molar-refractivity contribution is 0.102. The van der Waals surface area contributed by atoms with Crippen molar-refractivity contribution in [2.45, 2.75) is 0 Å². The fourth-order valence-electron chi connectivity index (χ4n) is 1.63. The van der Waals surface area contributed by atoms with Gasteiger partial charge in [0.15, 0.2) is 11.6 Å². The van der Waals surface area contributed by atoms with Gasteiger partial charge in [0.1, 0.15) is 11.5 Å². The van der Waals surface area contributed by atoms with Gasteiger partial charge >= 0.3 is 0 Å². The Morgan fingerprint density at radius 3 is 2.24 bits per heavy atom. The molecule has 0 saturated heterocycles. The Labute approximate surface area is 122 Å². The maximum Gasteiger partial charge on any atom is 0.255 e. The minimum atomic E-state index is -1.02. The fraction of sp³-hybridized carbons (Fsp3) is 0. The van der Waals surface area contributed by atoms with E-state index in [4.69, 9.17) is 17.4 Å². The third-order valence-electron chi connectivity index (χ3n) is 2.63. The van der Waals surface area contributed by atoms with Crippen LogP contribution in [0, 0.1) is 17.5 Å². The summed E-state index contributed by atoms with van der Waals surface area (Å²) in [5.41, 5.74) is 1.14. The normalized spacial score (nSPS) is 10.3. The zero-order chi connectivity index (χ0) is 15.6. The van der Waals surface area contributed by atoms with E-state index in [9.17, 15) is 18.0 Å². The monoisotopic (exact) mass is 315 g/mol. The standard InChI is InChI=1S/C13H9ClF3N3O/c14-8-5-7(15)1-2-11(8)19-13(21)6-3-9(16)12(20-18)10(17)4-6/h1-5,20H,18H2,(H,19,21). The number of rotatable bonds is 3. The number of carbonyl (C=O) groups is 1. The van der Waals surface area contributed by atoms with Gasteiger partial charge in [0.2, 0.25) is 0 Å². The van der Waals surface area contributed by atoms with Crippen LogP contribution in [0.15, 0.2) is 30.3 Å². The second kappa shape index (κ2) is 6.02. The Morgan fingerprint density at radius 2 is 1.71 bits per heavy atom. The quantitative estimate of drug-likeness (QED) is 0.601. The summed E-state index contributed by atoms with van der Waals surface area (Å²) < 4.78 is 39.9. The number of benzene rings is 2. The molecule has 0 spiro atoms. The van der Waals surface area contributed by atoms with Gasteiger partial charge in [-0.2, -0.15) is 0 Å². The van der Waals surface area contributed by atoms with E-state index in [-0.39, 0.29) is 16.3 Å². The van der Waals surface area contributed by atoms with Crippen molar-refractivity contribution in [2.24, 2.45) is 5.84 Å². The predicted molar refractivity (Wildman–Crippen MR) is 73.5 cm³/mol. The summed E-state index contributed by atoms with van der Waals surface area (Å²) in [5.74, 6) is 1.53. The Kier molecular flexibility index (Phi) is 4.35. The molecule has 2 aromatic carbocycles. The summed E-state index contributed by atoms with van der Waals surface area (Å²) in [6.07, 6.45) is 0. The number of nitrogens with one attached hydrogen (secondary N) is 2. The zero-order valence-corrected chi connectivity index (χ0v) is 11.1. The molecule has 1 amide bonds. The summed E-state index contributed by atoms with van der Waals surface area (Å²) in [4.78, 5) is 11.9. The summed E-state index contributed by atoms with van der Waals surface area (Å²) in [6, 6.07) is 4.94. The molecule has 0 aliphatic rings. The third-order valence-corrected chi connectivity index (χ3v) is 2.94. The molecule has 0 aromatic heterocycles. The van der Waals surface area contributed by atoms with Gasteiger partial charge in [-0.3, -0.25) is 10.6 Å². The number of nitrogen functional groups attached to an aromatic ring is 1. The van der Waals surface area contributed by atoms with Gasteiger partial charge in [0, 0.05) is 5.56 Å². The average Bonchev–Trinajstić information content (AvgIpc) is 2.41. The molecular formula is C13H9ClF3N3O. The number of hydrogen-bond acceptors (Lipinski definition) is 3. The molecule has 0 unspecified atom stereocenters. The van der Waals surface area contributed by atoms with E-state index in [1.54, 1.807) is 0 Å². The predicted octanol–water partition coefficient (Wildman–Crippen LogP) is 3.30. The van der Waals surface area contributed by atoms with E-state index in [2.05, 4.69) is 5.32 Å².